The largest absolute Gasteiger partial charge is 0.466 e. The van der Waals surface area contributed by atoms with Gasteiger partial charge in [-0.2, -0.15) is 0 Å². The van der Waals surface area contributed by atoms with E-state index in [1.165, 1.54) is 12.8 Å². The summed E-state index contributed by atoms with van der Waals surface area (Å²) in [6, 6.07) is 0.929. The van der Waals surface area contributed by atoms with Gasteiger partial charge in [0.25, 0.3) is 0 Å². The molecule has 4 nitrogen and oxygen atoms in total. The van der Waals surface area contributed by atoms with Crippen molar-refractivity contribution in [2.75, 3.05) is 19.7 Å². The Bertz CT molecular complexity index is 305. The normalized spacial score (nSPS) is 30.1. The second-order valence-corrected chi connectivity index (χ2v) is 6.24. The minimum absolute atomic E-state index is 0.0663. The van der Waals surface area contributed by atoms with Crippen LogP contribution in [0.2, 0.25) is 0 Å². The highest BCUT2D eigenvalue weighted by molar-refractivity contribution is 5.69. The zero-order valence-electron chi connectivity index (χ0n) is 12.3. The van der Waals surface area contributed by atoms with Crippen LogP contribution in [0.5, 0.6) is 0 Å². The molecule has 1 saturated heterocycles. The van der Waals surface area contributed by atoms with E-state index in [0.717, 1.165) is 31.8 Å². The molecule has 3 atom stereocenters. The SMILES string of the molecule is CCOC(=O)CCC1CC(N)CN(C(C)C2CC2)C1. The molecule has 19 heavy (non-hydrogen) atoms. The quantitative estimate of drug-likeness (QED) is 0.746. The summed E-state index contributed by atoms with van der Waals surface area (Å²) in [6.45, 7) is 6.79. The third kappa shape index (κ3) is 4.46. The van der Waals surface area contributed by atoms with Gasteiger partial charge in [-0.15, -0.1) is 0 Å². The van der Waals surface area contributed by atoms with Crippen LogP contribution in [0.15, 0.2) is 0 Å². The average molecular weight is 268 g/mol. The molecule has 2 rings (SSSR count). The number of nitrogens with two attached hydrogens (primary N) is 1. The smallest absolute Gasteiger partial charge is 0.305 e. The first-order chi connectivity index (χ1) is 9.10. The molecule has 1 heterocycles. The Hall–Kier alpha value is -0.610. The molecule has 0 amide bonds. The van der Waals surface area contributed by atoms with Crippen LogP contribution in [0.3, 0.4) is 0 Å². The minimum atomic E-state index is -0.0663. The molecule has 0 bridgehead atoms. The molecule has 1 aliphatic carbocycles. The van der Waals surface area contributed by atoms with Crippen molar-refractivity contribution in [2.24, 2.45) is 17.6 Å². The summed E-state index contributed by atoms with van der Waals surface area (Å²) >= 11 is 0. The van der Waals surface area contributed by atoms with Crippen LogP contribution in [0.4, 0.5) is 0 Å². The van der Waals surface area contributed by atoms with Gasteiger partial charge in [-0.25, -0.2) is 0 Å². The van der Waals surface area contributed by atoms with E-state index in [4.69, 9.17) is 10.5 Å². The molecular formula is C15H28N2O2. The van der Waals surface area contributed by atoms with Crippen molar-refractivity contribution >= 4 is 5.97 Å². The highest BCUT2D eigenvalue weighted by Crippen LogP contribution is 2.36. The highest BCUT2D eigenvalue weighted by Gasteiger charge is 2.35. The fourth-order valence-electron chi connectivity index (χ4n) is 3.26. The molecule has 0 radical (unpaired) electrons. The van der Waals surface area contributed by atoms with E-state index in [1.807, 2.05) is 6.92 Å². The van der Waals surface area contributed by atoms with Crippen molar-refractivity contribution in [2.45, 2.75) is 58.0 Å². The fourth-order valence-corrected chi connectivity index (χ4v) is 3.26. The van der Waals surface area contributed by atoms with E-state index < -0.39 is 0 Å². The van der Waals surface area contributed by atoms with Crippen LogP contribution in [-0.4, -0.2) is 42.6 Å². The van der Waals surface area contributed by atoms with Crippen LogP contribution in [0.25, 0.3) is 0 Å². The van der Waals surface area contributed by atoms with Gasteiger partial charge in [0.15, 0.2) is 0 Å². The predicted molar refractivity (Wildman–Crippen MR) is 75.7 cm³/mol. The number of hydrogen-bond acceptors (Lipinski definition) is 4. The van der Waals surface area contributed by atoms with Crippen LogP contribution >= 0.6 is 0 Å². The first-order valence-electron chi connectivity index (χ1n) is 7.75. The molecule has 4 heteroatoms. The molecule has 1 aliphatic heterocycles. The molecule has 2 N–H and O–H groups in total. The van der Waals surface area contributed by atoms with Crippen LogP contribution < -0.4 is 5.73 Å². The Morgan fingerprint density at radius 2 is 2.16 bits per heavy atom. The predicted octanol–water partition coefficient (Wildman–Crippen LogP) is 1.78. The Balaban J connectivity index is 1.78. The zero-order chi connectivity index (χ0) is 13.8. The minimum Gasteiger partial charge on any atom is -0.466 e. The number of carbonyl (C=O) groups is 1. The maximum atomic E-state index is 11.4. The van der Waals surface area contributed by atoms with Gasteiger partial charge >= 0.3 is 5.97 Å². The van der Waals surface area contributed by atoms with E-state index in [9.17, 15) is 4.79 Å². The number of hydrogen-bond donors (Lipinski definition) is 1. The Morgan fingerprint density at radius 1 is 1.42 bits per heavy atom. The highest BCUT2D eigenvalue weighted by atomic mass is 16.5. The van der Waals surface area contributed by atoms with Gasteiger partial charge in [-0.1, -0.05) is 0 Å². The second-order valence-electron chi connectivity index (χ2n) is 6.24. The van der Waals surface area contributed by atoms with Gasteiger partial charge in [0.05, 0.1) is 6.61 Å². The summed E-state index contributed by atoms with van der Waals surface area (Å²) in [5.41, 5.74) is 6.18. The molecule has 2 fully saturated rings. The third-order valence-electron chi connectivity index (χ3n) is 4.54. The molecule has 3 unspecified atom stereocenters. The lowest BCUT2D eigenvalue weighted by molar-refractivity contribution is -0.143. The molecule has 2 aliphatic rings. The van der Waals surface area contributed by atoms with Gasteiger partial charge in [0, 0.05) is 31.6 Å². The van der Waals surface area contributed by atoms with Crippen molar-refractivity contribution in [1.82, 2.24) is 4.90 Å². The number of esters is 1. The van der Waals surface area contributed by atoms with Gasteiger partial charge in [0.1, 0.15) is 0 Å². The second kappa shape index (κ2) is 6.71. The van der Waals surface area contributed by atoms with Gasteiger partial charge in [-0.3, -0.25) is 9.69 Å². The first kappa shape index (κ1) is 14.8. The van der Waals surface area contributed by atoms with Crippen molar-refractivity contribution < 1.29 is 9.53 Å². The molecule has 0 spiro atoms. The number of carbonyl (C=O) groups excluding carboxylic acids is 1. The lowest BCUT2D eigenvalue weighted by Gasteiger charge is -2.40. The number of nitrogens with zero attached hydrogens (tertiary/aromatic N) is 1. The van der Waals surface area contributed by atoms with E-state index in [2.05, 4.69) is 11.8 Å². The number of ether oxygens (including phenoxy) is 1. The van der Waals surface area contributed by atoms with E-state index in [0.29, 0.717) is 25.0 Å². The van der Waals surface area contributed by atoms with Gasteiger partial charge in [-0.05, 0) is 51.4 Å². The van der Waals surface area contributed by atoms with Crippen molar-refractivity contribution in [1.29, 1.82) is 0 Å². The standard InChI is InChI=1S/C15H28N2O2/c1-3-19-15(18)7-4-12-8-14(16)10-17(9-12)11(2)13-5-6-13/h11-14H,3-10,16H2,1-2H3. The summed E-state index contributed by atoms with van der Waals surface area (Å²) in [4.78, 5) is 14.0. The van der Waals surface area contributed by atoms with Crippen molar-refractivity contribution in [3.05, 3.63) is 0 Å². The van der Waals surface area contributed by atoms with Crippen LogP contribution in [0.1, 0.15) is 46.0 Å². The van der Waals surface area contributed by atoms with E-state index in [-0.39, 0.29) is 12.0 Å². The first-order valence-corrected chi connectivity index (χ1v) is 7.75. The van der Waals surface area contributed by atoms with E-state index >= 15 is 0 Å². The van der Waals surface area contributed by atoms with Crippen LogP contribution in [0, 0.1) is 11.8 Å². The summed E-state index contributed by atoms with van der Waals surface area (Å²) in [5, 5.41) is 0. The average Bonchev–Trinajstić information content (AvgIpc) is 3.19. The zero-order valence-corrected chi connectivity index (χ0v) is 12.3. The Morgan fingerprint density at radius 3 is 2.79 bits per heavy atom. The van der Waals surface area contributed by atoms with Crippen molar-refractivity contribution in [3.63, 3.8) is 0 Å². The number of likely N-dealkylation sites (tertiary alicyclic amines) is 1. The summed E-state index contributed by atoms with van der Waals surface area (Å²) in [7, 11) is 0. The summed E-state index contributed by atoms with van der Waals surface area (Å²) in [6.07, 6.45) is 5.26. The Labute approximate surface area is 116 Å². The van der Waals surface area contributed by atoms with Gasteiger partial charge < -0.3 is 10.5 Å². The Kier molecular flexibility index (Phi) is 5.22. The molecule has 1 saturated carbocycles. The number of piperidine rings is 1. The summed E-state index contributed by atoms with van der Waals surface area (Å²) < 4.78 is 5.00. The molecule has 0 aromatic carbocycles. The molecule has 0 aromatic heterocycles. The maximum absolute atomic E-state index is 11.4. The lowest BCUT2D eigenvalue weighted by atomic mass is 9.89. The van der Waals surface area contributed by atoms with E-state index in [1.54, 1.807) is 0 Å². The third-order valence-corrected chi connectivity index (χ3v) is 4.54. The molecular weight excluding hydrogens is 240 g/mol. The van der Waals surface area contributed by atoms with Gasteiger partial charge in [0.2, 0.25) is 0 Å². The van der Waals surface area contributed by atoms with Crippen LogP contribution in [-0.2, 0) is 9.53 Å². The summed E-state index contributed by atoms with van der Waals surface area (Å²) in [5.74, 6) is 1.37. The molecule has 110 valence electrons. The topological polar surface area (TPSA) is 55.6 Å². The maximum Gasteiger partial charge on any atom is 0.305 e. The lowest BCUT2D eigenvalue weighted by Crippen LogP contribution is -2.51. The van der Waals surface area contributed by atoms with Crippen molar-refractivity contribution in [3.8, 4) is 0 Å². The fraction of sp³-hybridized carbons (Fsp3) is 0.933. The number of rotatable bonds is 6. The monoisotopic (exact) mass is 268 g/mol. The molecule has 0 aromatic rings.